The first-order valence-electron chi connectivity index (χ1n) is 7.73. The second-order valence-corrected chi connectivity index (χ2v) is 5.56. The molecule has 1 rings (SSSR count). The van der Waals surface area contributed by atoms with Crippen molar-refractivity contribution in [2.24, 2.45) is 5.92 Å². The van der Waals surface area contributed by atoms with E-state index in [-0.39, 0.29) is 43.3 Å². The molecular formula is C15H21N7O2. The molecule has 0 aromatic carbocycles. The molecule has 0 radical (unpaired) electrons. The highest BCUT2D eigenvalue weighted by Gasteiger charge is 2.26. The van der Waals surface area contributed by atoms with Crippen LogP contribution in [0.2, 0.25) is 0 Å². The smallest absolute Gasteiger partial charge is 0.353 e. The summed E-state index contributed by atoms with van der Waals surface area (Å²) >= 11 is 0. The summed E-state index contributed by atoms with van der Waals surface area (Å²) in [5.74, 6) is 0.748. The van der Waals surface area contributed by atoms with E-state index in [0.29, 0.717) is 12.5 Å². The fourth-order valence-electron chi connectivity index (χ4n) is 2.07. The van der Waals surface area contributed by atoms with Gasteiger partial charge in [-0.05, 0) is 12.3 Å². The molecule has 0 unspecified atom stereocenters. The Morgan fingerprint density at radius 2 is 1.92 bits per heavy atom. The van der Waals surface area contributed by atoms with Crippen molar-refractivity contribution in [3.05, 3.63) is 16.4 Å². The van der Waals surface area contributed by atoms with Crippen molar-refractivity contribution in [3.63, 3.8) is 0 Å². The van der Waals surface area contributed by atoms with E-state index < -0.39 is 4.92 Å². The summed E-state index contributed by atoms with van der Waals surface area (Å²) in [6, 6.07) is 4.00. The molecule has 0 atom stereocenters. The second kappa shape index (κ2) is 9.95. The van der Waals surface area contributed by atoms with E-state index in [4.69, 9.17) is 10.5 Å². The van der Waals surface area contributed by atoms with Gasteiger partial charge in [-0.2, -0.15) is 10.5 Å². The third-order valence-corrected chi connectivity index (χ3v) is 3.29. The number of aromatic nitrogens is 2. The van der Waals surface area contributed by atoms with Crippen LogP contribution >= 0.6 is 0 Å². The van der Waals surface area contributed by atoms with Gasteiger partial charge in [-0.25, -0.2) is 9.97 Å². The van der Waals surface area contributed by atoms with Gasteiger partial charge in [-0.1, -0.05) is 13.8 Å². The minimum atomic E-state index is -0.529. The Hall–Kier alpha value is -2.94. The van der Waals surface area contributed by atoms with Crippen LogP contribution in [0.1, 0.15) is 33.1 Å². The minimum Gasteiger partial charge on any atom is -0.364 e. The van der Waals surface area contributed by atoms with E-state index in [1.165, 1.54) is 6.33 Å². The number of nitrogens with zero attached hydrogens (tertiary/aromatic N) is 6. The van der Waals surface area contributed by atoms with Crippen LogP contribution < -0.4 is 10.2 Å². The molecule has 0 fully saturated rings. The van der Waals surface area contributed by atoms with Crippen molar-refractivity contribution in [2.75, 3.05) is 29.9 Å². The molecule has 1 heterocycles. The third-order valence-electron chi connectivity index (χ3n) is 3.29. The molecule has 1 aromatic rings. The van der Waals surface area contributed by atoms with Crippen LogP contribution in [0.4, 0.5) is 17.3 Å². The predicted octanol–water partition coefficient (Wildman–Crippen LogP) is 2.48. The Labute approximate surface area is 141 Å². The highest BCUT2D eigenvalue weighted by atomic mass is 16.6. The largest absolute Gasteiger partial charge is 0.364 e. The van der Waals surface area contributed by atoms with Gasteiger partial charge in [-0.3, -0.25) is 10.1 Å². The summed E-state index contributed by atoms with van der Waals surface area (Å²) in [6.07, 6.45) is 2.47. The summed E-state index contributed by atoms with van der Waals surface area (Å²) in [6.45, 7) is 5.22. The molecule has 9 nitrogen and oxygen atoms in total. The molecule has 0 aliphatic carbocycles. The summed E-state index contributed by atoms with van der Waals surface area (Å²) in [4.78, 5) is 20.6. The highest BCUT2D eigenvalue weighted by molar-refractivity contribution is 5.70. The van der Waals surface area contributed by atoms with Crippen LogP contribution in [0.5, 0.6) is 0 Å². The molecular weight excluding hydrogens is 310 g/mol. The molecule has 0 saturated heterocycles. The number of nitrogens with one attached hydrogen (secondary N) is 1. The topological polar surface area (TPSA) is 132 Å². The summed E-state index contributed by atoms with van der Waals surface area (Å²) in [5, 5.41) is 32.0. The van der Waals surface area contributed by atoms with Crippen molar-refractivity contribution in [2.45, 2.75) is 33.1 Å². The van der Waals surface area contributed by atoms with Gasteiger partial charge < -0.3 is 10.2 Å². The van der Waals surface area contributed by atoms with Gasteiger partial charge in [0.1, 0.15) is 6.33 Å². The number of hydrogen-bond acceptors (Lipinski definition) is 8. The first kappa shape index (κ1) is 19.1. The van der Waals surface area contributed by atoms with Gasteiger partial charge in [0.15, 0.2) is 0 Å². The van der Waals surface area contributed by atoms with Crippen LogP contribution in [0.25, 0.3) is 0 Å². The molecule has 0 amide bonds. The molecule has 24 heavy (non-hydrogen) atoms. The van der Waals surface area contributed by atoms with Crippen LogP contribution in [0.15, 0.2) is 6.33 Å². The number of anilines is 2. The zero-order valence-corrected chi connectivity index (χ0v) is 13.9. The van der Waals surface area contributed by atoms with Gasteiger partial charge in [0, 0.05) is 19.6 Å². The van der Waals surface area contributed by atoms with Gasteiger partial charge >= 0.3 is 5.69 Å². The van der Waals surface area contributed by atoms with E-state index in [2.05, 4.69) is 29.1 Å². The lowest BCUT2D eigenvalue weighted by molar-refractivity contribution is -0.383. The van der Waals surface area contributed by atoms with Crippen LogP contribution in [0.3, 0.4) is 0 Å². The molecule has 9 heteroatoms. The lowest BCUT2D eigenvalue weighted by Crippen LogP contribution is -2.27. The molecule has 0 aliphatic heterocycles. The lowest BCUT2D eigenvalue weighted by atomic mass is 10.1. The lowest BCUT2D eigenvalue weighted by Gasteiger charge is -2.21. The zero-order chi connectivity index (χ0) is 17.9. The normalized spacial score (nSPS) is 10.0. The Morgan fingerprint density at radius 3 is 2.42 bits per heavy atom. The maximum Gasteiger partial charge on any atom is 0.353 e. The quantitative estimate of drug-likeness (QED) is 0.511. The van der Waals surface area contributed by atoms with Gasteiger partial charge in [0.05, 0.1) is 29.9 Å². The van der Waals surface area contributed by atoms with Gasteiger partial charge in [0.2, 0.25) is 11.6 Å². The fraction of sp³-hybridized carbons (Fsp3) is 0.600. The molecule has 0 aliphatic rings. The standard InChI is InChI=1S/C15H21N7O2/c1-12(2)5-8-18-14-13(22(23)24)15(20-11-19-14)21(9-3-6-16)10-4-7-17/h11-12H,3-5,8-10H2,1-2H3,(H,18,19,20). The van der Waals surface area contributed by atoms with E-state index >= 15 is 0 Å². The van der Waals surface area contributed by atoms with E-state index in [1.54, 1.807) is 4.90 Å². The van der Waals surface area contributed by atoms with Crippen molar-refractivity contribution in [1.82, 2.24) is 9.97 Å². The van der Waals surface area contributed by atoms with Crippen molar-refractivity contribution in [3.8, 4) is 12.1 Å². The average Bonchev–Trinajstić information content (AvgIpc) is 2.54. The Balaban J connectivity index is 3.12. The fourth-order valence-corrected chi connectivity index (χ4v) is 2.07. The maximum atomic E-state index is 11.5. The monoisotopic (exact) mass is 331 g/mol. The third kappa shape index (κ3) is 5.69. The van der Waals surface area contributed by atoms with Crippen LogP contribution in [-0.2, 0) is 0 Å². The van der Waals surface area contributed by atoms with E-state index in [9.17, 15) is 10.1 Å². The van der Waals surface area contributed by atoms with Crippen LogP contribution in [0, 0.1) is 38.7 Å². The number of hydrogen-bond donors (Lipinski definition) is 1. The molecule has 128 valence electrons. The van der Waals surface area contributed by atoms with Crippen LogP contribution in [-0.4, -0.2) is 34.5 Å². The first-order chi connectivity index (χ1) is 11.5. The first-order valence-corrected chi connectivity index (χ1v) is 7.73. The van der Waals surface area contributed by atoms with Gasteiger partial charge in [-0.15, -0.1) is 0 Å². The SMILES string of the molecule is CC(C)CCNc1ncnc(N(CCC#N)CCC#N)c1[N+](=O)[O-]. The summed E-state index contributed by atoms with van der Waals surface area (Å²) < 4.78 is 0. The molecule has 0 bridgehead atoms. The Bertz CT molecular complexity index is 616. The Morgan fingerprint density at radius 1 is 1.29 bits per heavy atom. The van der Waals surface area contributed by atoms with Crippen molar-refractivity contribution >= 4 is 17.3 Å². The van der Waals surface area contributed by atoms with E-state index in [0.717, 1.165) is 6.42 Å². The summed E-state index contributed by atoms with van der Waals surface area (Å²) in [5.41, 5.74) is -0.225. The molecule has 0 spiro atoms. The molecule has 0 saturated carbocycles. The number of nitriles is 2. The predicted molar refractivity (Wildman–Crippen MR) is 89.3 cm³/mol. The number of rotatable bonds is 10. The van der Waals surface area contributed by atoms with Crippen molar-refractivity contribution in [1.29, 1.82) is 10.5 Å². The second-order valence-electron chi connectivity index (χ2n) is 5.56. The zero-order valence-electron chi connectivity index (χ0n) is 13.9. The average molecular weight is 331 g/mol. The van der Waals surface area contributed by atoms with Gasteiger partial charge in [0.25, 0.3) is 0 Å². The molecule has 1 aromatic heterocycles. The van der Waals surface area contributed by atoms with E-state index in [1.807, 2.05) is 12.1 Å². The maximum absolute atomic E-state index is 11.5. The van der Waals surface area contributed by atoms with Crippen molar-refractivity contribution < 1.29 is 4.92 Å². The Kier molecular flexibility index (Phi) is 7.92. The number of nitro groups is 1. The minimum absolute atomic E-state index is 0.132. The highest BCUT2D eigenvalue weighted by Crippen LogP contribution is 2.32. The summed E-state index contributed by atoms with van der Waals surface area (Å²) in [7, 11) is 0. The molecule has 1 N–H and O–H groups in total.